The molecule has 1 aliphatic rings. The van der Waals surface area contributed by atoms with Crippen molar-refractivity contribution in [1.82, 2.24) is 5.32 Å². The zero-order valence-electron chi connectivity index (χ0n) is 10.6. The number of anilines is 1. The largest absolute Gasteiger partial charge is 0.350 e. The molecule has 0 saturated carbocycles. The molecule has 2 amide bonds. The van der Waals surface area contributed by atoms with Gasteiger partial charge < -0.3 is 4.90 Å². The molecule has 100 valence electrons. The summed E-state index contributed by atoms with van der Waals surface area (Å²) in [5, 5.41) is 2.28. The van der Waals surface area contributed by atoms with E-state index in [9.17, 15) is 14.4 Å². The minimum absolute atomic E-state index is 0.0592. The van der Waals surface area contributed by atoms with Crippen molar-refractivity contribution in [3.63, 3.8) is 0 Å². The first kappa shape index (κ1) is 13.7. The standard InChI is InChI=1S/C13H13BrN2O3/c1-7-13(19)15-12(18)6-16(7)11-5-9(14)3-4-10(11)8(2)17/h3-5,7H,6H2,1-2H3,(H,15,18,19). The van der Waals surface area contributed by atoms with Crippen LogP contribution in [0.2, 0.25) is 0 Å². The molecule has 1 fully saturated rings. The first-order chi connectivity index (χ1) is 8.90. The Kier molecular flexibility index (Phi) is 3.71. The highest BCUT2D eigenvalue weighted by atomic mass is 79.9. The molecule has 2 rings (SSSR count). The zero-order chi connectivity index (χ0) is 14.2. The van der Waals surface area contributed by atoms with E-state index in [4.69, 9.17) is 0 Å². The summed E-state index contributed by atoms with van der Waals surface area (Å²) in [5.41, 5.74) is 1.09. The van der Waals surface area contributed by atoms with Crippen molar-refractivity contribution in [2.45, 2.75) is 19.9 Å². The molecule has 1 unspecified atom stereocenters. The predicted octanol–water partition coefficient (Wildman–Crippen LogP) is 1.50. The quantitative estimate of drug-likeness (QED) is 0.661. The van der Waals surface area contributed by atoms with Gasteiger partial charge in [0.05, 0.1) is 6.54 Å². The fourth-order valence-electron chi connectivity index (χ4n) is 2.05. The molecule has 0 radical (unpaired) electrons. The van der Waals surface area contributed by atoms with Crippen LogP contribution in [0.5, 0.6) is 0 Å². The van der Waals surface area contributed by atoms with Crippen LogP contribution in [0.25, 0.3) is 0 Å². The number of nitrogens with zero attached hydrogens (tertiary/aromatic N) is 1. The summed E-state index contributed by atoms with van der Waals surface area (Å²) in [6.07, 6.45) is 0. The Bertz CT molecular complexity index is 571. The maximum atomic E-state index is 11.7. The van der Waals surface area contributed by atoms with Gasteiger partial charge in [0, 0.05) is 15.7 Å². The SMILES string of the molecule is CC(=O)c1ccc(Br)cc1N1CC(=O)NC(=O)C1C. The molecule has 1 atom stereocenters. The molecule has 1 heterocycles. The zero-order valence-corrected chi connectivity index (χ0v) is 12.2. The number of carbonyl (C=O) groups excluding carboxylic acids is 3. The van der Waals surface area contributed by atoms with E-state index in [-0.39, 0.29) is 24.1 Å². The van der Waals surface area contributed by atoms with Crippen LogP contribution in [0.3, 0.4) is 0 Å². The summed E-state index contributed by atoms with van der Waals surface area (Å²) in [6, 6.07) is 4.70. The van der Waals surface area contributed by atoms with E-state index in [1.54, 1.807) is 30.0 Å². The van der Waals surface area contributed by atoms with E-state index in [0.29, 0.717) is 11.3 Å². The lowest BCUT2D eigenvalue weighted by atomic mass is 10.1. The van der Waals surface area contributed by atoms with Crippen molar-refractivity contribution in [1.29, 1.82) is 0 Å². The predicted molar refractivity (Wildman–Crippen MR) is 74.1 cm³/mol. The first-order valence-electron chi connectivity index (χ1n) is 5.81. The average Bonchev–Trinajstić information content (AvgIpc) is 2.33. The monoisotopic (exact) mass is 324 g/mol. The van der Waals surface area contributed by atoms with Crippen molar-refractivity contribution >= 4 is 39.2 Å². The number of hydrogen-bond donors (Lipinski definition) is 1. The summed E-state index contributed by atoms with van der Waals surface area (Å²) in [6.45, 7) is 3.22. The Morgan fingerprint density at radius 3 is 2.74 bits per heavy atom. The normalized spacial score (nSPS) is 19.3. The van der Waals surface area contributed by atoms with Gasteiger partial charge in [-0.2, -0.15) is 0 Å². The Labute approximate surface area is 119 Å². The van der Waals surface area contributed by atoms with E-state index < -0.39 is 6.04 Å². The number of hydrogen-bond acceptors (Lipinski definition) is 4. The minimum Gasteiger partial charge on any atom is -0.350 e. The number of carbonyl (C=O) groups is 3. The fraction of sp³-hybridized carbons (Fsp3) is 0.308. The highest BCUT2D eigenvalue weighted by molar-refractivity contribution is 9.10. The molecule has 0 aromatic heterocycles. The molecule has 0 spiro atoms. The second-order valence-corrected chi connectivity index (χ2v) is 5.35. The first-order valence-corrected chi connectivity index (χ1v) is 6.60. The van der Waals surface area contributed by atoms with E-state index >= 15 is 0 Å². The smallest absolute Gasteiger partial charge is 0.249 e. The van der Waals surface area contributed by atoms with Gasteiger partial charge in [-0.15, -0.1) is 0 Å². The third-order valence-electron chi connectivity index (χ3n) is 3.07. The average molecular weight is 325 g/mol. The molecule has 5 nitrogen and oxygen atoms in total. The fourth-order valence-corrected chi connectivity index (χ4v) is 2.40. The molecule has 1 aliphatic heterocycles. The maximum absolute atomic E-state index is 11.7. The Hall–Kier alpha value is -1.69. The number of nitrogens with one attached hydrogen (secondary N) is 1. The third-order valence-corrected chi connectivity index (χ3v) is 3.57. The number of amides is 2. The lowest BCUT2D eigenvalue weighted by Crippen LogP contribution is -2.57. The summed E-state index contributed by atoms with van der Waals surface area (Å²) >= 11 is 3.34. The van der Waals surface area contributed by atoms with Gasteiger partial charge in [-0.05, 0) is 32.0 Å². The van der Waals surface area contributed by atoms with Crippen LogP contribution < -0.4 is 10.2 Å². The number of halogens is 1. The maximum Gasteiger partial charge on any atom is 0.249 e. The highest BCUT2D eigenvalue weighted by Crippen LogP contribution is 2.28. The van der Waals surface area contributed by atoms with E-state index in [0.717, 1.165) is 4.47 Å². The Morgan fingerprint density at radius 2 is 2.11 bits per heavy atom. The molecule has 0 aliphatic carbocycles. The molecule has 1 saturated heterocycles. The number of Topliss-reactive ketones (excluding diaryl/α,β-unsaturated/α-hetero) is 1. The molecule has 1 aromatic rings. The van der Waals surface area contributed by atoms with Gasteiger partial charge in [0.1, 0.15) is 6.04 Å². The van der Waals surface area contributed by atoms with Gasteiger partial charge in [0.2, 0.25) is 11.8 Å². The Morgan fingerprint density at radius 1 is 1.42 bits per heavy atom. The summed E-state index contributed by atoms with van der Waals surface area (Å²) < 4.78 is 0.790. The number of benzene rings is 1. The lowest BCUT2D eigenvalue weighted by Gasteiger charge is -2.34. The van der Waals surface area contributed by atoms with Crippen molar-refractivity contribution in [3.05, 3.63) is 28.2 Å². The molecule has 0 bridgehead atoms. The number of rotatable bonds is 2. The highest BCUT2D eigenvalue weighted by Gasteiger charge is 2.32. The van der Waals surface area contributed by atoms with Crippen LogP contribution in [0.15, 0.2) is 22.7 Å². The molecular weight excluding hydrogens is 312 g/mol. The van der Waals surface area contributed by atoms with Crippen molar-refractivity contribution in [2.75, 3.05) is 11.4 Å². The van der Waals surface area contributed by atoms with Crippen LogP contribution >= 0.6 is 15.9 Å². The van der Waals surface area contributed by atoms with Crippen molar-refractivity contribution < 1.29 is 14.4 Å². The van der Waals surface area contributed by atoms with Gasteiger partial charge in [-0.25, -0.2) is 0 Å². The van der Waals surface area contributed by atoms with Gasteiger partial charge in [-0.3, -0.25) is 19.7 Å². The van der Waals surface area contributed by atoms with Crippen LogP contribution in [0.4, 0.5) is 5.69 Å². The topological polar surface area (TPSA) is 66.5 Å². The summed E-state index contributed by atoms with van der Waals surface area (Å²) in [4.78, 5) is 36.5. The Balaban J connectivity index is 2.50. The van der Waals surface area contributed by atoms with Gasteiger partial charge >= 0.3 is 0 Å². The minimum atomic E-state index is -0.495. The molecule has 1 N–H and O–H groups in total. The molecule has 19 heavy (non-hydrogen) atoms. The molecule has 1 aromatic carbocycles. The van der Waals surface area contributed by atoms with E-state index in [2.05, 4.69) is 21.2 Å². The summed E-state index contributed by atoms with van der Waals surface area (Å²) in [5.74, 6) is -0.823. The van der Waals surface area contributed by atoms with Gasteiger partial charge in [-0.1, -0.05) is 15.9 Å². The van der Waals surface area contributed by atoms with E-state index in [1.807, 2.05) is 0 Å². The molecule has 6 heteroatoms. The summed E-state index contributed by atoms with van der Waals surface area (Å²) in [7, 11) is 0. The van der Waals surface area contributed by atoms with Crippen LogP contribution in [-0.4, -0.2) is 30.2 Å². The van der Waals surface area contributed by atoms with Gasteiger partial charge in [0.25, 0.3) is 0 Å². The number of piperazine rings is 1. The van der Waals surface area contributed by atoms with Gasteiger partial charge in [0.15, 0.2) is 5.78 Å². The lowest BCUT2D eigenvalue weighted by molar-refractivity contribution is -0.132. The third kappa shape index (κ3) is 2.68. The van der Waals surface area contributed by atoms with Crippen molar-refractivity contribution in [2.24, 2.45) is 0 Å². The second-order valence-electron chi connectivity index (χ2n) is 4.43. The van der Waals surface area contributed by atoms with Crippen LogP contribution in [0, 0.1) is 0 Å². The van der Waals surface area contributed by atoms with Crippen LogP contribution in [0.1, 0.15) is 24.2 Å². The second kappa shape index (κ2) is 5.13. The number of imide groups is 1. The number of ketones is 1. The van der Waals surface area contributed by atoms with E-state index in [1.165, 1.54) is 6.92 Å². The van der Waals surface area contributed by atoms with Crippen molar-refractivity contribution in [3.8, 4) is 0 Å². The van der Waals surface area contributed by atoms with Crippen LogP contribution in [-0.2, 0) is 9.59 Å². The molecular formula is C13H13BrN2O3.